The van der Waals surface area contributed by atoms with E-state index in [1.807, 2.05) is 30.3 Å². The van der Waals surface area contributed by atoms with E-state index in [-0.39, 0.29) is 23.1 Å². The molecule has 11 heteroatoms. The maximum atomic E-state index is 13.0. The first kappa shape index (κ1) is 27.5. The molecule has 0 saturated heterocycles. The van der Waals surface area contributed by atoms with Crippen LogP contribution >= 0.6 is 11.6 Å². The largest absolute Gasteiger partial charge is 0.490 e. The number of alkyl halides is 3. The minimum absolute atomic E-state index is 0.0169. The van der Waals surface area contributed by atoms with Gasteiger partial charge in [0.25, 0.3) is 0 Å². The van der Waals surface area contributed by atoms with E-state index in [0.717, 1.165) is 6.07 Å². The molecule has 0 unspecified atom stereocenters. The van der Waals surface area contributed by atoms with Gasteiger partial charge in [-0.1, -0.05) is 29.8 Å². The zero-order valence-electron chi connectivity index (χ0n) is 20.3. The fraction of sp³-hybridized carbons (Fsp3) is 0.107. The number of ether oxygens (including phenoxy) is 3. The van der Waals surface area contributed by atoms with E-state index in [0.29, 0.717) is 34.9 Å². The maximum Gasteiger partial charge on any atom is 0.416 e. The van der Waals surface area contributed by atoms with Crippen LogP contribution in [0.4, 0.5) is 24.5 Å². The van der Waals surface area contributed by atoms with Gasteiger partial charge in [0, 0.05) is 12.3 Å². The first-order valence-electron chi connectivity index (χ1n) is 11.5. The van der Waals surface area contributed by atoms with Gasteiger partial charge in [-0.25, -0.2) is 0 Å². The van der Waals surface area contributed by atoms with Crippen LogP contribution in [0.25, 0.3) is 0 Å². The molecule has 0 aliphatic rings. The number of hydrogen-bond donors (Lipinski definition) is 0. The van der Waals surface area contributed by atoms with Crippen LogP contribution in [-0.4, -0.2) is 17.7 Å². The van der Waals surface area contributed by atoms with Gasteiger partial charge in [0.15, 0.2) is 11.5 Å². The number of nitro groups is 1. The van der Waals surface area contributed by atoms with Crippen molar-refractivity contribution >= 4 is 29.2 Å². The molecule has 0 spiro atoms. The van der Waals surface area contributed by atoms with Gasteiger partial charge in [-0.3, -0.25) is 15.1 Å². The summed E-state index contributed by atoms with van der Waals surface area (Å²) in [6, 6.07) is 21.4. The lowest BCUT2D eigenvalue weighted by Gasteiger charge is -2.15. The van der Waals surface area contributed by atoms with E-state index < -0.39 is 28.1 Å². The molecule has 0 fully saturated rings. The molecule has 0 bridgehead atoms. The molecule has 0 saturated carbocycles. The highest BCUT2D eigenvalue weighted by molar-refractivity contribution is 6.32. The van der Waals surface area contributed by atoms with Crippen LogP contribution in [0.5, 0.6) is 28.7 Å². The highest BCUT2D eigenvalue weighted by atomic mass is 35.5. The van der Waals surface area contributed by atoms with Crippen molar-refractivity contribution < 1.29 is 32.3 Å². The zero-order chi connectivity index (χ0) is 28.0. The summed E-state index contributed by atoms with van der Waals surface area (Å²) in [6.07, 6.45) is -3.22. The Labute approximate surface area is 226 Å². The molecule has 200 valence electrons. The average Bonchev–Trinajstić information content (AvgIpc) is 2.90. The molecule has 0 aromatic heterocycles. The molecule has 39 heavy (non-hydrogen) atoms. The molecule has 4 aromatic rings. The predicted molar refractivity (Wildman–Crippen MR) is 141 cm³/mol. The molecule has 0 aliphatic carbocycles. The lowest BCUT2D eigenvalue weighted by molar-refractivity contribution is -0.385. The molecule has 0 amide bonds. The van der Waals surface area contributed by atoms with Gasteiger partial charge in [-0.2, -0.15) is 13.2 Å². The Bertz CT molecular complexity index is 1490. The Morgan fingerprint density at radius 3 is 2.26 bits per heavy atom. The van der Waals surface area contributed by atoms with Crippen LogP contribution in [0.1, 0.15) is 18.1 Å². The van der Waals surface area contributed by atoms with E-state index >= 15 is 0 Å². The monoisotopic (exact) mass is 556 g/mol. The first-order valence-corrected chi connectivity index (χ1v) is 11.9. The van der Waals surface area contributed by atoms with Crippen molar-refractivity contribution in [3.63, 3.8) is 0 Å². The highest BCUT2D eigenvalue weighted by Gasteiger charge is 2.33. The number of halogens is 4. The van der Waals surface area contributed by atoms with Gasteiger partial charge in [-0.15, -0.1) is 0 Å². The Kier molecular flexibility index (Phi) is 8.36. The van der Waals surface area contributed by atoms with E-state index in [1.54, 1.807) is 37.3 Å². The minimum Gasteiger partial charge on any atom is -0.490 e. The number of aliphatic imine (C=N–C) groups is 1. The lowest BCUT2D eigenvalue weighted by atomic mass is 10.1. The van der Waals surface area contributed by atoms with E-state index in [9.17, 15) is 23.3 Å². The Morgan fingerprint density at radius 2 is 1.62 bits per heavy atom. The molecule has 7 nitrogen and oxygen atoms in total. The van der Waals surface area contributed by atoms with Crippen LogP contribution < -0.4 is 14.2 Å². The smallest absolute Gasteiger partial charge is 0.416 e. The maximum absolute atomic E-state index is 13.0. The van der Waals surface area contributed by atoms with E-state index in [2.05, 4.69) is 4.99 Å². The summed E-state index contributed by atoms with van der Waals surface area (Å²) in [6.45, 7) is 1.91. The van der Waals surface area contributed by atoms with Crippen molar-refractivity contribution in [1.82, 2.24) is 0 Å². The van der Waals surface area contributed by atoms with Gasteiger partial charge in [0.1, 0.15) is 11.5 Å². The summed E-state index contributed by atoms with van der Waals surface area (Å²) >= 11 is 6.40. The fourth-order valence-corrected chi connectivity index (χ4v) is 3.69. The molecule has 0 radical (unpaired) electrons. The van der Waals surface area contributed by atoms with E-state index in [1.165, 1.54) is 12.3 Å². The third-order valence-corrected chi connectivity index (χ3v) is 5.49. The van der Waals surface area contributed by atoms with E-state index in [4.69, 9.17) is 25.8 Å². The topological polar surface area (TPSA) is 83.2 Å². The highest BCUT2D eigenvalue weighted by Crippen LogP contribution is 2.43. The SMILES string of the molecule is CCOc1cc(C=Nc2ccc(Oc3ccccc3)cc2)cc(Cl)c1Oc1ccc(C(F)(F)F)cc1[N+](=O)[O-]. The van der Waals surface area contributed by atoms with Crippen LogP contribution in [0, 0.1) is 10.1 Å². The van der Waals surface area contributed by atoms with Crippen molar-refractivity contribution in [3.05, 3.63) is 111 Å². The molecular formula is C28H20ClF3N2O5. The third kappa shape index (κ3) is 7.05. The van der Waals surface area contributed by atoms with Gasteiger partial charge in [0.05, 0.1) is 27.8 Å². The molecule has 0 aliphatic heterocycles. The van der Waals surface area contributed by atoms with Crippen molar-refractivity contribution in [2.45, 2.75) is 13.1 Å². The number of nitro benzene ring substituents is 1. The summed E-state index contributed by atoms with van der Waals surface area (Å²) in [5, 5.41) is 11.5. The Morgan fingerprint density at radius 1 is 0.923 bits per heavy atom. The van der Waals surface area contributed by atoms with Crippen molar-refractivity contribution in [2.75, 3.05) is 6.61 Å². The summed E-state index contributed by atoms with van der Waals surface area (Å²) in [5.41, 5.74) is -0.884. The normalized spacial score (nSPS) is 11.4. The molecular weight excluding hydrogens is 537 g/mol. The predicted octanol–water partition coefficient (Wildman–Crippen LogP) is 9.00. The molecule has 4 aromatic carbocycles. The van der Waals surface area contributed by atoms with Gasteiger partial charge < -0.3 is 14.2 Å². The summed E-state index contributed by atoms with van der Waals surface area (Å²) in [5.74, 6) is 0.972. The number of benzene rings is 4. The number of para-hydroxylation sites is 1. The van der Waals surface area contributed by atoms with Gasteiger partial charge in [-0.05, 0) is 73.2 Å². The second kappa shape index (κ2) is 11.9. The third-order valence-electron chi connectivity index (χ3n) is 5.20. The van der Waals surface area contributed by atoms with Crippen LogP contribution in [0.15, 0.2) is 89.9 Å². The number of rotatable bonds is 9. The quantitative estimate of drug-likeness (QED) is 0.117. The average molecular weight is 557 g/mol. The Balaban J connectivity index is 1.57. The van der Waals surface area contributed by atoms with Crippen molar-refractivity contribution in [2.24, 2.45) is 4.99 Å². The Hall–Kier alpha value is -4.57. The van der Waals surface area contributed by atoms with Gasteiger partial charge >= 0.3 is 11.9 Å². The second-order valence-electron chi connectivity index (χ2n) is 7.97. The van der Waals surface area contributed by atoms with Crippen LogP contribution in [0.2, 0.25) is 5.02 Å². The molecule has 4 rings (SSSR count). The second-order valence-corrected chi connectivity index (χ2v) is 8.38. The standard InChI is InChI=1S/C28H20ClF3N2O5/c1-2-37-26-15-18(17-33-20-9-11-22(12-10-20)38-21-6-4-3-5-7-21)14-23(29)27(26)39-25-13-8-19(28(30,31)32)16-24(25)34(35)36/h3-17H,2H2,1H3. The zero-order valence-corrected chi connectivity index (χ0v) is 21.1. The first-order chi connectivity index (χ1) is 18.6. The van der Waals surface area contributed by atoms with Gasteiger partial charge in [0.2, 0.25) is 5.75 Å². The number of hydrogen-bond acceptors (Lipinski definition) is 6. The van der Waals surface area contributed by atoms with Crippen molar-refractivity contribution in [1.29, 1.82) is 0 Å². The lowest BCUT2D eigenvalue weighted by Crippen LogP contribution is -2.06. The fourth-order valence-electron chi connectivity index (χ4n) is 3.43. The van der Waals surface area contributed by atoms with Crippen LogP contribution in [0.3, 0.4) is 0 Å². The molecule has 0 atom stereocenters. The molecule has 0 heterocycles. The number of nitrogens with zero attached hydrogens (tertiary/aromatic N) is 2. The summed E-state index contributed by atoms with van der Waals surface area (Å²) < 4.78 is 56.1. The minimum atomic E-state index is -4.76. The summed E-state index contributed by atoms with van der Waals surface area (Å²) in [4.78, 5) is 14.9. The molecule has 0 N–H and O–H groups in total. The van der Waals surface area contributed by atoms with Crippen LogP contribution in [-0.2, 0) is 6.18 Å². The van der Waals surface area contributed by atoms with Crippen molar-refractivity contribution in [3.8, 4) is 28.7 Å². The summed E-state index contributed by atoms with van der Waals surface area (Å²) in [7, 11) is 0.